The molecule has 2 rings (SSSR count). The van der Waals surface area contributed by atoms with E-state index in [1.54, 1.807) is 19.1 Å². The summed E-state index contributed by atoms with van der Waals surface area (Å²) in [6, 6.07) is 3.83. The second kappa shape index (κ2) is 9.60. The van der Waals surface area contributed by atoms with Gasteiger partial charge in [-0.05, 0) is 18.1 Å². The van der Waals surface area contributed by atoms with Gasteiger partial charge in [0.15, 0.2) is 0 Å². The predicted octanol–water partition coefficient (Wildman–Crippen LogP) is -1.14. The summed E-state index contributed by atoms with van der Waals surface area (Å²) in [6.45, 7) is 0.712. The van der Waals surface area contributed by atoms with Gasteiger partial charge in [0.05, 0.1) is 12.5 Å². The monoisotopic (exact) mass is 393 g/mol. The molecule has 0 fully saturated rings. The van der Waals surface area contributed by atoms with E-state index in [1.807, 2.05) is 0 Å². The fourth-order valence-electron chi connectivity index (χ4n) is 2.46. The lowest BCUT2D eigenvalue weighted by atomic mass is 9.72. The number of carbonyl (C=O) groups excluding carboxylic acids is 4. The Morgan fingerprint density at radius 2 is 2.07 bits per heavy atom. The van der Waals surface area contributed by atoms with Crippen molar-refractivity contribution in [1.82, 2.24) is 10.6 Å². The Labute approximate surface area is 160 Å². The number of ether oxygens (including phenoxy) is 2. The molecule has 1 heterocycles. The van der Waals surface area contributed by atoms with Crippen molar-refractivity contribution in [3.8, 4) is 5.75 Å². The third kappa shape index (κ3) is 5.61. The quantitative estimate of drug-likeness (QED) is 0.256. The SMILES string of the molecule is CCC(=O)OCOC(=O)c1cccc2c1OB(O)[C@@H](NC(=O)CNC(N)=O)C2. The minimum absolute atomic E-state index is 0.0456. The van der Waals surface area contributed by atoms with Crippen molar-refractivity contribution in [2.45, 2.75) is 25.7 Å². The smallest absolute Gasteiger partial charge is 0.534 e. The average Bonchev–Trinajstić information content (AvgIpc) is 2.66. The number of hydrogen-bond acceptors (Lipinski definition) is 8. The maximum absolute atomic E-state index is 12.2. The number of nitrogens with one attached hydrogen (secondary N) is 2. The Morgan fingerprint density at radius 1 is 1.32 bits per heavy atom. The van der Waals surface area contributed by atoms with Crippen LogP contribution in [0.2, 0.25) is 0 Å². The van der Waals surface area contributed by atoms with E-state index in [2.05, 4.69) is 10.6 Å². The molecule has 3 amide bonds. The molecule has 1 aliphatic rings. The summed E-state index contributed by atoms with van der Waals surface area (Å²) in [5.74, 6) is -2.56. The fraction of sp³-hybridized carbons (Fsp3) is 0.375. The Balaban J connectivity index is 2.03. The molecule has 5 N–H and O–H groups in total. The van der Waals surface area contributed by atoms with Crippen molar-refractivity contribution in [3.05, 3.63) is 29.3 Å². The van der Waals surface area contributed by atoms with E-state index >= 15 is 0 Å². The molecule has 1 aromatic rings. The van der Waals surface area contributed by atoms with Crippen LogP contribution >= 0.6 is 0 Å². The Hall–Kier alpha value is -3.28. The van der Waals surface area contributed by atoms with Crippen molar-refractivity contribution in [2.75, 3.05) is 13.3 Å². The molecule has 0 radical (unpaired) electrons. The van der Waals surface area contributed by atoms with Crippen LogP contribution in [-0.4, -0.2) is 55.3 Å². The topological polar surface area (TPSA) is 166 Å². The normalized spacial score (nSPS) is 14.9. The summed E-state index contributed by atoms with van der Waals surface area (Å²) in [4.78, 5) is 45.7. The Kier molecular flexibility index (Phi) is 7.21. The number of urea groups is 1. The van der Waals surface area contributed by atoms with Gasteiger partial charge in [-0.15, -0.1) is 0 Å². The zero-order valence-corrected chi connectivity index (χ0v) is 15.1. The summed E-state index contributed by atoms with van der Waals surface area (Å²) < 4.78 is 15.0. The van der Waals surface area contributed by atoms with Crippen LogP contribution in [0, 0.1) is 0 Å². The predicted molar refractivity (Wildman–Crippen MR) is 94.9 cm³/mol. The number of hydrogen-bond donors (Lipinski definition) is 4. The van der Waals surface area contributed by atoms with Crippen molar-refractivity contribution < 1.29 is 38.3 Å². The lowest BCUT2D eigenvalue weighted by Crippen LogP contribution is -2.55. The average molecular weight is 393 g/mol. The number of fused-ring (bicyclic) bond motifs is 1. The largest absolute Gasteiger partial charge is 0.547 e. The molecule has 11 nitrogen and oxygen atoms in total. The van der Waals surface area contributed by atoms with Crippen LogP contribution in [0.3, 0.4) is 0 Å². The van der Waals surface area contributed by atoms with Crippen molar-refractivity contribution in [2.24, 2.45) is 5.73 Å². The van der Waals surface area contributed by atoms with Gasteiger partial charge in [0.1, 0.15) is 11.3 Å². The van der Waals surface area contributed by atoms with Crippen LogP contribution in [0.5, 0.6) is 5.75 Å². The summed E-state index contributed by atoms with van der Waals surface area (Å²) in [5, 5.41) is 14.8. The first kappa shape index (κ1) is 21.0. The molecule has 150 valence electrons. The number of benzene rings is 1. The van der Waals surface area contributed by atoms with E-state index in [9.17, 15) is 24.2 Å². The molecule has 0 spiro atoms. The lowest BCUT2D eigenvalue weighted by molar-refractivity contribution is -0.151. The highest BCUT2D eigenvalue weighted by Crippen LogP contribution is 2.30. The molecule has 0 saturated heterocycles. The maximum Gasteiger partial charge on any atom is 0.547 e. The zero-order valence-electron chi connectivity index (χ0n) is 15.1. The first-order valence-electron chi connectivity index (χ1n) is 8.43. The van der Waals surface area contributed by atoms with Crippen LogP contribution in [0.25, 0.3) is 0 Å². The van der Waals surface area contributed by atoms with E-state index in [1.165, 1.54) is 6.07 Å². The van der Waals surface area contributed by atoms with Crippen molar-refractivity contribution in [3.63, 3.8) is 0 Å². The molecule has 12 heteroatoms. The summed E-state index contributed by atoms with van der Waals surface area (Å²) in [5.41, 5.74) is 5.49. The third-order valence-electron chi connectivity index (χ3n) is 3.81. The van der Waals surface area contributed by atoms with Gasteiger partial charge in [0.2, 0.25) is 12.7 Å². The standard InChI is InChI=1S/C16H20BN3O8/c1-2-13(22)26-8-27-15(23)10-5-3-4-9-6-11(17(25)28-14(9)10)20-12(21)7-19-16(18)24/h3-5,11,25H,2,6-8H2,1H3,(H,20,21)(H3,18,19,24)/t11-/m0/s1. The van der Waals surface area contributed by atoms with Gasteiger partial charge in [-0.25, -0.2) is 9.59 Å². The molecule has 1 aliphatic heterocycles. The first-order valence-corrected chi connectivity index (χ1v) is 8.43. The minimum Gasteiger partial charge on any atom is -0.534 e. The Morgan fingerprint density at radius 3 is 2.75 bits per heavy atom. The molecular formula is C16H20BN3O8. The molecule has 1 atom stereocenters. The minimum atomic E-state index is -1.43. The van der Waals surface area contributed by atoms with Gasteiger partial charge >= 0.3 is 25.1 Å². The highest BCUT2D eigenvalue weighted by atomic mass is 16.7. The first-order chi connectivity index (χ1) is 13.3. The third-order valence-corrected chi connectivity index (χ3v) is 3.81. The number of esters is 2. The van der Waals surface area contributed by atoms with Gasteiger partial charge in [0, 0.05) is 6.42 Å². The number of carbonyl (C=O) groups is 4. The van der Waals surface area contributed by atoms with Crippen LogP contribution in [0.1, 0.15) is 29.3 Å². The van der Waals surface area contributed by atoms with Crippen LogP contribution in [0.4, 0.5) is 4.79 Å². The number of para-hydroxylation sites is 1. The van der Waals surface area contributed by atoms with E-state index in [0.29, 0.717) is 5.56 Å². The second-order valence-corrected chi connectivity index (χ2v) is 5.82. The summed E-state index contributed by atoms with van der Waals surface area (Å²) in [7, 11) is -1.43. The van der Waals surface area contributed by atoms with Crippen LogP contribution < -0.4 is 21.0 Å². The number of nitrogens with two attached hydrogens (primary N) is 1. The fourth-order valence-corrected chi connectivity index (χ4v) is 2.46. The van der Waals surface area contributed by atoms with Gasteiger partial charge in [-0.3, -0.25) is 9.59 Å². The van der Waals surface area contributed by atoms with Crippen molar-refractivity contribution in [1.29, 1.82) is 0 Å². The second-order valence-electron chi connectivity index (χ2n) is 5.82. The van der Waals surface area contributed by atoms with Crippen LogP contribution in [0.15, 0.2) is 18.2 Å². The Bertz CT molecular complexity index is 772. The summed E-state index contributed by atoms with van der Waals surface area (Å²) >= 11 is 0. The lowest BCUT2D eigenvalue weighted by Gasteiger charge is -2.29. The van der Waals surface area contributed by atoms with Gasteiger partial charge in [-0.2, -0.15) is 0 Å². The number of rotatable bonds is 7. The number of amides is 3. The van der Waals surface area contributed by atoms with Crippen molar-refractivity contribution >= 4 is 31.0 Å². The molecule has 0 aromatic heterocycles. The van der Waals surface area contributed by atoms with E-state index < -0.39 is 43.7 Å². The molecular weight excluding hydrogens is 373 g/mol. The van der Waals surface area contributed by atoms with Crippen LogP contribution in [-0.2, 0) is 25.5 Å². The van der Waals surface area contributed by atoms with E-state index in [-0.39, 0.29) is 30.7 Å². The van der Waals surface area contributed by atoms with E-state index in [0.717, 1.165) is 0 Å². The highest BCUT2D eigenvalue weighted by Gasteiger charge is 2.37. The number of primary amides is 1. The molecule has 0 unspecified atom stereocenters. The van der Waals surface area contributed by atoms with E-state index in [4.69, 9.17) is 19.9 Å². The molecule has 0 aliphatic carbocycles. The molecule has 28 heavy (non-hydrogen) atoms. The molecule has 1 aromatic carbocycles. The highest BCUT2D eigenvalue weighted by molar-refractivity contribution is 6.47. The maximum atomic E-state index is 12.2. The molecule has 0 bridgehead atoms. The molecule has 0 saturated carbocycles. The zero-order chi connectivity index (χ0) is 20.7. The van der Waals surface area contributed by atoms with Gasteiger partial charge < -0.3 is 35.5 Å². The van der Waals surface area contributed by atoms with Gasteiger partial charge in [-0.1, -0.05) is 19.1 Å². The summed E-state index contributed by atoms with van der Waals surface area (Å²) in [6.07, 6.45) is 0.320. The van der Waals surface area contributed by atoms with Gasteiger partial charge in [0.25, 0.3) is 0 Å².